The van der Waals surface area contributed by atoms with E-state index in [0.717, 1.165) is 25.7 Å². The third-order valence-corrected chi connectivity index (χ3v) is 5.77. The Morgan fingerprint density at radius 2 is 1.64 bits per heavy atom. The third-order valence-electron chi connectivity index (χ3n) is 5.77. The van der Waals surface area contributed by atoms with Crippen molar-refractivity contribution in [3.8, 4) is 5.75 Å². The summed E-state index contributed by atoms with van der Waals surface area (Å²) in [5.41, 5.74) is 5.05. The average molecular weight is 549 g/mol. The van der Waals surface area contributed by atoms with Crippen LogP contribution >= 0.6 is 0 Å². The highest BCUT2D eigenvalue weighted by Gasteiger charge is 2.37. The first-order valence-electron chi connectivity index (χ1n) is 13.6. The molecule has 0 radical (unpaired) electrons. The first-order chi connectivity index (χ1) is 17.9. The van der Waals surface area contributed by atoms with Crippen LogP contribution in [0.3, 0.4) is 0 Å². The number of rotatable bonds is 13. The molecule has 220 valence electrons. The second-order valence-corrected chi connectivity index (χ2v) is 12.0. The lowest BCUT2D eigenvalue weighted by Crippen LogP contribution is -2.55. The molecule has 0 heterocycles. The van der Waals surface area contributed by atoms with Gasteiger partial charge in [-0.05, 0) is 78.1 Å². The van der Waals surface area contributed by atoms with E-state index >= 15 is 0 Å². The number of unbranched alkanes of at least 4 members (excludes halogenated alkanes) is 4. The number of ether oxygens (including phenoxy) is 1. The van der Waals surface area contributed by atoms with E-state index in [1.165, 1.54) is 11.0 Å². The van der Waals surface area contributed by atoms with Crippen LogP contribution < -0.4 is 16.4 Å². The molecule has 5 N–H and O–H groups in total. The van der Waals surface area contributed by atoms with Crippen LogP contribution in [0.5, 0.6) is 5.75 Å². The number of primary amides is 1. The standard InChI is InChI=1S/C29H48N4O6/c1-9-10-11-12-13-16-33(26(37)21(18-23(30)35)31-27(38)39-29(6,7)8)24(25(36)32-28(3,4)5)20-14-15-22(34)19(2)17-20/h14-15,17,21,24,34H,9-13,16,18H2,1-8H3,(H2,30,35)(H,31,38)(H,32,36). The minimum Gasteiger partial charge on any atom is -0.508 e. The van der Waals surface area contributed by atoms with Gasteiger partial charge in [-0.1, -0.05) is 38.7 Å². The number of nitrogens with one attached hydrogen (secondary N) is 2. The fourth-order valence-electron chi connectivity index (χ4n) is 4.06. The van der Waals surface area contributed by atoms with Crippen molar-refractivity contribution in [2.24, 2.45) is 5.73 Å². The Labute approximate surface area is 233 Å². The maximum absolute atomic E-state index is 14.1. The summed E-state index contributed by atoms with van der Waals surface area (Å²) in [6.45, 7) is 14.6. The molecule has 1 rings (SSSR count). The largest absolute Gasteiger partial charge is 0.508 e. The number of aromatic hydroxyl groups is 1. The van der Waals surface area contributed by atoms with Gasteiger partial charge in [0.25, 0.3) is 0 Å². The molecule has 4 amide bonds. The number of hydrogen-bond acceptors (Lipinski definition) is 6. The van der Waals surface area contributed by atoms with Crippen LogP contribution in [0.1, 0.15) is 104 Å². The molecule has 2 unspecified atom stereocenters. The van der Waals surface area contributed by atoms with Gasteiger partial charge in [0.05, 0.1) is 6.42 Å². The maximum atomic E-state index is 14.1. The number of nitrogens with zero attached hydrogens (tertiary/aromatic N) is 1. The number of nitrogens with two attached hydrogens (primary N) is 1. The zero-order chi connectivity index (χ0) is 30.0. The molecule has 0 saturated heterocycles. The van der Waals surface area contributed by atoms with Gasteiger partial charge in [0.2, 0.25) is 17.7 Å². The minimum atomic E-state index is -1.34. The normalized spacial score (nSPS) is 13.2. The fraction of sp³-hybridized carbons (Fsp3) is 0.655. The van der Waals surface area contributed by atoms with Crippen LogP contribution in [0.15, 0.2) is 18.2 Å². The van der Waals surface area contributed by atoms with E-state index in [-0.39, 0.29) is 12.3 Å². The highest BCUT2D eigenvalue weighted by atomic mass is 16.6. The molecule has 0 aliphatic heterocycles. The Hall–Kier alpha value is -3.30. The highest BCUT2D eigenvalue weighted by Crippen LogP contribution is 2.28. The molecule has 2 atom stereocenters. The number of phenols is 1. The van der Waals surface area contributed by atoms with Crippen molar-refractivity contribution in [3.05, 3.63) is 29.3 Å². The first kappa shape index (κ1) is 33.7. The van der Waals surface area contributed by atoms with E-state index < -0.39 is 53.5 Å². The average Bonchev–Trinajstić information content (AvgIpc) is 2.76. The molecular formula is C29H48N4O6. The molecule has 0 saturated carbocycles. The molecule has 0 fully saturated rings. The molecule has 0 bridgehead atoms. The van der Waals surface area contributed by atoms with E-state index in [0.29, 0.717) is 17.5 Å². The number of hydrogen-bond donors (Lipinski definition) is 4. The van der Waals surface area contributed by atoms with Gasteiger partial charge in [-0.3, -0.25) is 14.4 Å². The van der Waals surface area contributed by atoms with Gasteiger partial charge >= 0.3 is 6.09 Å². The molecule has 0 aliphatic rings. The number of benzene rings is 1. The monoisotopic (exact) mass is 548 g/mol. The molecule has 10 nitrogen and oxygen atoms in total. The SMILES string of the molecule is CCCCCCCN(C(=O)C(CC(N)=O)NC(=O)OC(C)(C)C)C(C(=O)NC(C)(C)C)c1ccc(O)c(C)c1. The van der Waals surface area contributed by atoms with Gasteiger partial charge in [0.15, 0.2) is 0 Å². The highest BCUT2D eigenvalue weighted by molar-refractivity contribution is 5.94. The summed E-state index contributed by atoms with van der Waals surface area (Å²) in [7, 11) is 0. The van der Waals surface area contributed by atoms with E-state index in [1.807, 2.05) is 20.8 Å². The summed E-state index contributed by atoms with van der Waals surface area (Å²) in [5.74, 6) is -1.78. The van der Waals surface area contributed by atoms with Gasteiger partial charge < -0.3 is 31.1 Å². The van der Waals surface area contributed by atoms with Crippen molar-refractivity contribution in [3.63, 3.8) is 0 Å². The van der Waals surface area contributed by atoms with Crippen LogP contribution in [0, 0.1) is 6.92 Å². The van der Waals surface area contributed by atoms with Crippen molar-refractivity contribution < 1.29 is 29.0 Å². The van der Waals surface area contributed by atoms with Crippen LogP contribution in [-0.2, 0) is 19.1 Å². The second kappa shape index (κ2) is 14.7. The Morgan fingerprint density at radius 1 is 1.03 bits per heavy atom. The second-order valence-electron chi connectivity index (χ2n) is 12.0. The van der Waals surface area contributed by atoms with Crippen molar-refractivity contribution in [2.75, 3.05) is 6.54 Å². The fourth-order valence-corrected chi connectivity index (χ4v) is 4.06. The predicted octanol–water partition coefficient (Wildman–Crippen LogP) is 4.22. The summed E-state index contributed by atoms with van der Waals surface area (Å²) in [6.07, 6.45) is 3.16. The Morgan fingerprint density at radius 3 is 2.15 bits per heavy atom. The predicted molar refractivity (Wildman–Crippen MR) is 151 cm³/mol. The third kappa shape index (κ3) is 12.4. The van der Waals surface area contributed by atoms with Crippen molar-refractivity contribution in [2.45, 2.75) is 117 Å². The van der Waals surface area contributed by atoms with Crippen LogP contribution in [0.2, 0.25) is 0 Å². The maximum Gasteiger partial charge on any atom is 0.408 e. The lowest BCUT2D eigenvalue weighted by molar-refractivity contribution is -0.144. The first-order valence-corrected chi connectivity index (χ1v) is 13.6. The lowest BCUT2D eigenvalue weighted by Gasteiger charge is -2.36. The van der Waals surface area contributed by atoms with Crippen molar-refractivity contribution >= 4 is 23.8 Å². The Bertz CT molecular complexity index is 996. The van der Waals surface area contributed by atoms with Crippen LogP contribution in [0.25, 0.3) is 0 Å². The summed E-state index contributed by atoms with van der Waals surface area (Å²) >= 11 is 0. The zero-order valence-corrected chi connectivity index (χ0v) is 24.8. The van der Waals surface area contributed by atoms with Gasteiger partial charge in [0.1, 0.15) is 23.4 Å². The zero-order valence-electron chi connectivity index (χ0n) is 24.8. The van der Waals surface area contributed by atoms with Crippen LogP contribution in [0.4, 0.5) is 4.79 Å². The smallest absolute Gasteiger partial charge is 0.408 e. The minimum absolute atomic E-state index is 0.0596. The van der Waals surface area contributed by atoms with Gasteiger partial charge in [-0.25, -0.2) is 4.79 Å². The van der Waals surface area contributed by atoms with Crippen molar-refractivity contribution in [1.82, 2.24) is 15.5 Å². The molecule has 1 aromatic rings. The van der Waals surface area contributed by atoms with Gasteiger partial charge in [-0.2, -0.15) is 0 Å². The van der Waals surface area contributed by atoms with E-state index in [2.05, 4.69) is 17.6 Å². The molecule has 0 aromatic heterocycles. The summed E-state index contributed by atoms with van der Waals surface area (Å²) < 4.78 is 5.31. The molecular weight excluding hydrogens is 500 g/mol. The number of amides is 4. The number of carbonyl (C=O) groups is 4. The number of phenolic OH excluding ortho intramolecular Hbond substituents is 1. The molecule has 39 heavy (non-hydrogen) atoms. The Kier molecular flexibility index (Phi) is 12.8. The van der Waals surface area contributed by atoms with E-state index in [1.54, 1.807) is 39.8 Å². The lowest BCUT2D eigenvalue weighted by atomic mass is 9.98. The summed E-state index contributed by atoms with van der Waals surface area (Å²) in [6, 6.07) is 2.31. The number of carbonyl (C=O) groups excluding carboxylic acids is 4. The summed E-state index contributed by atoms with van der Waals surface area (Å²) in [4.78, 5) is 53.7. The molecule has 0 spiro atoms. The van der Waals surface area contributed by atoms with Gasteiger partial charge in [0, 0.05) is 12.1 Å². The summed E-state index contributed by atoms with van der Waals surface area (Å²) in [5, 5.41) is 15.5. The van der Waals surface area contributed by atoms with Gasteiger partial charge in [-0.15, -0.1) is 0 Å². The van der Waals surface area contributed by atoms with E-state index in [9.17, 15) is 24.3 Å². The Balaban J connectivity index is 3.57. The number of aryl methyl sites for hydroxylation is 1. The molecule has 0 aliphatic carbocycles. The van der Waals surface area contributed by atoms with E-state index in [4.69, 9.17) is 10.5 Å². The van der Waals surface area contributed by atoms with Crippen LogP contribution in [-0.4, -0.2) is 57.5 Å². The van der Waals surface area contributed by atoms with Crippen molar-refractivity contribution in [1.29, 1.82) is 0 Å². The number of alkyl carbamates (subject to hydrolysis) is 1. The molecule has 1 aromatic carbocycles. The molecule has 10 heteroatoms. The topological polar surface area (TPSA) is 151 Å². The quantitative estimate of drug-likeness (QED) is 0.271.